The molecule has 1 aliphatic heterocycles. The van der Waals surface area contributed by atoms with Crippen LogP contribution in [0.25, 0.3) is 0 Å². The SMILES string of the molecule is CC(C(=O)c1ccc(Br)cc1)N1CCCNCC1. The van der Waals surface area contributed by atoms with Gasteiger partial charge in [0.25, 0.3) is 0 Å². The summed E-state index contributed by atoms with van der Waals surface area (Å²) in [5, 5.41) is 3.36. The topological polar surface area (TPSA) is 32.3 Å². The maximum atomic E-state index is 12.4. The molecule has 0 bridgehead atoms. The zero-order valence-electron chi connectivity index (χ0n) is 10.7. The molecule has 1 aromatic rings. The lowest BCUT2D eigenvalue weighted by Crippen LogP contribution is -2.41. The van der Waals surface area contributed by atoms with Crippen molar-refractivity contribution in [2.75, 3.05) is 26.2 Å². The van der Waals surface area contributed by atoms with Crippen molar-refractivity contribution < 1.29 is 4.79 Å². The highest BCUT2D eigenvalue weighted by molar-refractivity contribution is 9.10. The van der Waals surface area contributed by atoms with E-state index < -0.39 is 0 Å². The van der Waals surface area contributed by atoms with Crippen LogP contribution in [0.15, 0.2) is 28.7 Å². The third-order valence-corrected chi connectivity index (χ3v) is 3.96. The van der Waals surface area contributed by atoms with Gasteiger partial charge >= 0.3 is 0 Å². The van der Waals surface area contributed by atoms with Crippen molar-refractivity contribution in [3.63, 3.8) is 0 Å². The van der Waals surface area contributed by atoms with E-state index in [1.54, 1.807) is 0 Å². The van der Waals surface area contributed by atoms with Crippen LogP contribution < -0.4 is 5.32 Å². The summed E-state index contributed by atoms with van der Waals surface area (Å²) < 4.78 is 1.01. The number of nitrogens with zero attached hydrogens (tertiary/aromatic N) is 1. The smallest absolute Gasteiger partial charge is 0.179 e. The molecule has 1 unspecified atom stereocenters. The highest BCUT2D eigenvalue weighted by Crippen LogP contribution is 2.14. The lowest BCUT2D eigenvalue weighted by molar-refractivity contribution is 0.0847. The van der Waals surface area contributed by atoms with Crippen molar-refractivity contribution in [3.05, 3.63) is 34.3 Å². The Labute approximate surface area is 117 Å². The lowest BCUT2D eigenvalue weighted by atomic mass is 10.0. The molecule has 1 N–H and O–H groups in total. The fraction of sp³-hybridized carbons (Fsp3) is 0.500. The van der Waals surface area contributed by atoms with Gasteiger partial charge in [0.05, 0.1) is 6.04 Å². The highest BCUT2D eigenvalue weighted by Gasteiger charge is 2.22. The molecule has 2 rings (SSSR count). The summed E-state index contributed by atoms with van der Waals surface area (Å²) in [4.78, 5) is 14.7. The summed E-state index contributed by atoms with van der Waals surface area (Å²) in [5.41, 5.74) is 0.794. The van der Waals surface area contributed by atoms with Gasteiger partial charge in [-0.1, -0.05) is 28.1 Å². The zero-order valence-corrected chi connectivity index (χ0v) is 12.2. The van der Waals surface area contributed by atoms with Gasteiger partial charge in [0.1, 0.15) is 0 Å². The Morgan fingerprint density at radius 3 is 2.72 bits per heavy atom. The van der Waals surface area contributed by atoms with Crippen molar-refractivity contribution in [2.45, 2.75) is 19.4 Å². The van der Waals surface area contributed by atoms with Crippen LogP contribution in [0.4, 0.5) is 0 Å². The highest BCUT2D eigenvalue weighted by atomic mass is 79.9. The molecule has 0 aromatic heterocycles. The molecule has 3 nitrogen and oxygen atoms in total. The summed E-state index contributed by atoms with van der Waals surface area (Å²) >= 11 is 3.39. The van der Waals surface area contributed by atoms with Crippen LogP contribution in [0, 0.1) is 0 Å². The molecule has 98 valence electrons. The van der Waals surface area contributed by atoms with E-state index >= 15 is 0 Å². The third-order valence-electron chi connectivity index (χ3n) is 3.43. The van der Waals surface area contributed by atoms with Crippen LogP contribution in [-0.4, -0.2) is 42.9 Å². The Morgan fingerprint density at radius 2 is 2.00 bits per heavy atom. The van der Waals surface area contributed by atoms with Gasteiger partial charge in [0, 0.05) is 29.7 Å². The van der Waals surface area contributed by atoms with E-state index in [9.17, 15) is 4.79 Å². The molecule has 0 radical (unpaired) electrons. The van der Waals surface area contributed by atoms with Gasteiger partial charge < -0.3 is 5.32 Å². The van der Waals surface area contributed by atoms with E-state index in [-0.39, 0.29) is 11.8 Å². The zero-order chi connectivity index (χ0) is 13.0. The molecule has 0 amide bonds. The van der Waals surface area contributed by atoms with Gasteiger partial charge in [0.2, 0.25) is 0 Å². The molecule has 0 aliphatic carbocycles. The van der Waals surface area contributed by atoms with Crippen molar-refractivity contribution in [1.82, 2.24) is 10.2 Å². The summed E-state index contributed by atoms with van der Waals surface area (Å²) in [6, 6.07) is 7.58. The van der Waals surface area contributed by atoms with Crippen LogP contribution in [0.5, 0.6) is 0 Å². The average molecular weight is 311 g/mol. The molecular formula is C14H19BrN2O. The predicted molar refractivity (Wildman–Crippen MR) is 77.0 cm³/mol. The number of carbonyl (C=O) groups is 1. The number of hydrogen-bond acceptors (Lipinski definition) is 3. The maximum absolute atomic E-state index is 12.4. The summed E-state index contributed by atoms with van der Waals surface area (Å²) in [6.45, 7) is 5.98. The summed E-state index contributed by atoms with van der Waals surface area (Å²) in [5.74, 6) is 0.212. The number of hydrogen-bond donors (Lipinski definition) is 1. The Bertz CT molecular complexity index is 397. The Morgan fingerprint density at radius 1 is 1.28 bits per heavy atom. The monoisotopic (exact) mass is 310 g/mol. The number of halogens is 1. The van der Waals surface area contributed by atoms with E-state index in [0.29, 0.717) is 0 Å². The second-order valence-corrected chi connectivity index (χ2v) is 5.60. The minimum atomic E-state index is -0.0360. The summed E-state index contributed by atoms with van der Waals surface area (Å²) in [7, 11) is 0. The number of ketones is 1. The molecule has 0 spiro atoms. The summed E-state index contributed by atoms with van der Waals surface area (Å²) in [6.07, 6.45) is 1.11. The first-order valence-corrected chi connectivity index (χ1v) is 7.22. The van der Waals surface area contributed by atoms with Gasteiger partial charge in [-0.25, -0.2) is 0 Å². The minimum Gasteiger partial charge on any atom is -0.315 e. The number of rotatable bonds is 3. The van der Waals surface area contributed by atoms with Crippen LogP contribution >= 0.6 is 15.9 Å². The average Bonchev–Trinajstić information content (AvgIpc) is 2.67. The van der Waals surface area contributed by atoms with Crippen molar-refractivity contribution in [1.29, 1.82) is 0 Å². The maximum Gasteiger partial charge on any atom is 0.179 e. The number of nitrogens with one attached hydrogen (secondary N) is 1. The fourth-order valence-electron chi connectivity index (χ4n) is 2.28. The van der Waals surface area contributed by atoms with E-state index in [2.05, 4.69) is 26.1 Å². The van der Waals surface area contributed by atoms with Gasteiger partial charge in [0.15, 0.2) is 5.78 Å². The molecule has 4 heteroatoms. The van der Waals surface area contributed by atoms with Crippen LogP contribution in [-0.2, 0) is 0 Å². The van der Waals surface area contributed by atoms with Crippen LogP contribution in [0.3, 0.4) is 0 Å². The second-order valence-electron chi connectivity index (χ2n) is 4.69. The lowest BCUT2D eigenvalue weighted by Gasteiger charge is -2.26. The van der Waals surface area contributed by atoms with E-state index in [4.69, 9.17) is 0 Å². The van der Waals surface area contributed by atoms with Gasteiger partial charge in [-0.2, -0.15) is 0 Å². The molecule has 1 fully saturated rings. The van der Waals surface area contributed by atoms with Gasteiger partial charge in [-0.3, -0.25) is 9.69 Å². The van der Waals surface area contributed by atoms with Crippen molar-refractivity contribution >= 4 is 21.7 Å². The first kappa shape index (κ1) is 13.7. The molecule has 1 saturated heterocycles. The van der Waals surface area contributed by atoms with Crippen LogP contribution in [0.1, 0.15) is 23.7 Å². The Kier molecular flexibility index (Phi) is 4.92. The van der Waals surface area contributed by atoms with Crippen LogP contribution in [0.2, 0.25) is 0 Å². The molecule has 18 heavy (non-hydrogen) atoms. The van der Waals surface area contributed by atoms with Gasteiger partial charge in [-0.05, 0) is 32.0 Å². The molecule has 1 aliphatic rings. The first-order valence-electron chi connectivity index (χ1n) is 6.43. The fourth-order valence-corrected chi connectivity index (χ4v) is 2.54. The predicted octanol–water partition coefficient (Wildman–Crippen LogP) is 2.32. The largest absolute Gasteiger partial charge is 0.315 e. The van der Waals surface area contributed by atoms with E-state index in [1.807, 2.05) is 31.2 Å². The normalized spacial score (nSPS) is 19.2. The number of Topliss-reactive ketones (excluding diaryl/α,β-unsaturated/α-hetero) is 1. The van der Waals surface area contributed by atoms with E-state index in [1.165, 1.54) is 0 Å². The first-order chi connectivity index (χ1) is 8.68. The molecular weight excluding hydrogens is 292 g/mol. The van der Waals surface area contributed by atoms with Gasteiger partial charge in [-0.15, -0.1) is 0 Å². The standard InChI is InChI=1S/C14H19BrN2O/c1-11(17-9-2-7-16-8-10-17)14(18)12-3-5-13(15)6-4-12/h3-6,11,16H,2,7-10H2,1H3. The number of benzene rings is 1. The Balaban J connectivity index is 2.05. The third kappa shape index (κ3) is 3.40. The van der Waals surface area contributed by atoms with Crippen molar-refractivity contribution in [2.24, 2.45) is 0 Å². The Hall–Kier alpha value is -0.710. The van der Waals surface area contributed by atoms with Crippen molar-refractivity contribution in [3.8, 4) is 0 Å². The molecule has 1 aromatic carbocycles. The number of carbonyl (C=O) groups excluding carboxylic acids is 1. The quantitative estimate of drug-likeness (QED) is 0.870. The molecule has 1 atom stereocenters. The van der Waals surface area contributed by atoms with E-state index in [0.717, 1.165) is 42.6 Å². The minimum absolute atomic E-state index is 0.0360. The second kappa shape index (κ2) is 6.45. The molecule has 0 saturated carbocycles. The molecule has 1 heterocycles.